The average molecular weight is 240 g/mol. The quantitative estimate of drug-likeness (QED) is 0.448. The Hall–Kier alpha value is -0.420. The van der Waals surface area contributed by atoms with Gasteiger partial charge in [0.25, 0.3) is 0 Å². The second-order valence-electron chi connectivity index (χ2n) is 3.79. The molecule has 0 amide bonds. The summed E-state index contributed by atoms with van der Waals surface area (Å²) in [5.41, 5.74) is -0.807. The van der Waals surface area contributed by atoms with Gasteiger partial charge in [-0.25, -0.2) is 9.09 Å². The standard InChI is InChI=1S/C8H17O6P/c1-5-7(9)12-6-13-15(10,11)14-8(2,3)4/h5-6H2,1-4H3,(H,10,11). The first-order valence-corrected chi connectivity index (χ1v) is 5.99. The lowest BCUT2D eigenvalue weighted by atomic mass is 10.2. The summed E-state index contributed by atoms with van der Waals surface area (Å²) in [4.78, 5) is 19.8. The van der Waals surface area contributed by atoms with Crippen LogP contribution in [0.4, 0.5) is 0 Å². The normalized spacial score (nSPS) is 15.8. The summed E-state index contributed by atoms with van der Waals surface area (Å²) in [6.45, 7) is 5.84. The molecule has 0 bridgehead atoms. The summed E-state index contributed by atoms with van der Waals surface area (Å²) in [6.07, 6.45) is 0.180. The van der Waals surface area contributed by atoms with Crippen LogP contribution in [0.2, 0.25) is 0 Å². The van der Waals surface area contributed by atoms with Crippen molar-refractivity contribution in [1.29, 1.82) is 0 Å². The Morgan fingerprint density at radius 1 is 1.40 bits per heavy atom. The molecule has 0 radical (unpaired) electrons. The minimum atomic E-state index is -4.16. The Bertz CT molecular complexity index is 256. The Kier molecular flexibility index (Phi) is 5.45. The highest BCUT2D eigenvalue weighted by molar-refractivity contribution is 7.47. The molecule has 0 aliphatic heterocycles. The van der Waals surface area contributed by atoms with Crippen molar-refractivity contribution in [2.75, 3.05) is 6.79 Å². The van der Waals surface area contributed by atoms with E-state index >= 15 is 0 Å². The maximum absolute atomic E-state index is 11.2. The van der Waals surface area contributed by atoms with Crippen LogP contribution < -0.4 is 0 Å². The zero-order chi connectivity index (χ0) is 12.1. The van der Waals surface area contributed by atoms with Crippen LogP contribution in [0.1, 0.15) is 34.1 Å². The maximum atomic E-state index is 11.2. The van der Waals surface area contributed by atoms with E-state index in [0.717, 1.165) is 0 Å². The number of ether oxygens (including phenoxy) is 1. The molecule has 0 saturated heterocycles. The molecule has 0 spiro atoms. The Morgan fingerprint density at radius 3 is 2.33 bits per heavy atom. The van der Waals surface area contributed by atoms with Crippen LogP contribution in [0.3, 0.4) is 0 Å². The van der Waals surface area contributed by atoms with E-state index in [4.69, 9.17) is 9.42 Å². The van der Waals surface area contributed by atoms with Gasteiger partial charge in [0.15, 0.2) is 0 Å². The van der Waals surface area contributed by atoms with Gasteiger partial charge in [-0.05, 0) is 20.8 Å². The molecular weight excluding hydrogens is 223 g/mol. The van der Waals surface area contributed by atoms with Gasteiger partial charge < -0.3 is 9.63 Å². The fraction of sp³-hybridized carbons (Fsp3) is 0.875. The minimum absolute atomic E-state index is 0.180. The molecule has 0 heterocycles. The summed E-state index contributed by atoms with van der Waals surface area (Å²) in [5, 5.41) is 0. The lowest BCUT2D eigenvalue weighted by molar-refractivity contribution is -0.150. The molecule has 7 heteroatoms. The largest absolute Gasteiger partial charge is 0.475 e. The fourth-order valence-corrected chi connectivity index (χ4v) is 1.56. The fourth-order valence-electron chi connectivity index (χ4n) is 0.633. The zero-order valence-corrected chi connectivity index (χ0v) is 10.2. The lowest BCUT2D eigenvalue weighted by Gasteiger charge is -2.22. The van der Waals surface area contributed by atoms with Gasteiger partial charge in [-0.3, -0.25) is 9.32 Å². The Morgan fingerprint density at radius 2 is 1.93 bits per heavy atom. The van der Waals surface area contributed by atoms with Gasteiger partial charge in [-0.1, -0.05) is 6.92 Å². The van der Waals surface area contributed by atoms with Gasteiger partial charge in [0, 0.05) is 6.42 Å². The van der Waals surface area contributed by atoms with Crippen molar-refractivity contribution >= 4 is 13.8 Å². The van der Waals surface area contributed by atoms with Gasteiger partial charge in [0.2, 0.25) is 6.79 Å². The Labute approximate surface area is 89.1 Å². The second-order valence-corrected chi connectivity index (χ2v) is 5.17. The van der Waals surface area contributed by atoms with Crippen molar-refractivity contribution in [3.8, 4) is 0 Å². The van der Waals surface area contributed by atoms with Crippen molar-refractivity contribution in [3.63, 3.8) is 0 Å². The summed E-state index contributed by atoms with van der Waals surface area (Å²) < 4.78 is 24.8. The molecule has 0 aromatic heterocycles. The van der Waals surface area contributed by atoms with Crippen molar-refractivity contribution in [3.05, 3.63) is 0 Å². The van der Waals surface area contributed by atoms with Crippen LogP contribution in [0, 0.1) is 0 Å². The van der Waals surface area contributed by atoms with Crippen LogP contribution in [0.25, 0.3) is 0 Å². The number of carbonyl (C=O) groups is 1. The molecule has 0 aromatic carbocycles. The first kappa shape index (κ1) is 14.6. The smallest absolute Gasteiger partial charge is 0.438 e. The number of esters is 1. The third-order valence-electron chi connectivity index (χ3n) is 1.11. The van der Waals surface area contributed by atoms with Crippen molar-refractivity contribution in [1.82, 2.24) is 0 Å². The molecule has 0 aromatic rings. The van der Waals surface area contributed by atoms with Crippen LogP contribution in [-0.4, -0.2) is 23.3 Å². The molecule has 0 rings (SSSR count). The average Bonchev–Trinajstić information content (AvgIpc) is 1.98. The topological polar surface area (TPSA) is 82.1 Å². The number of hydrogen-bond acceptors (Lipinski definition) is 5. The van der Waals surface area contributed by atoms with Crippen LogP contribution >= 0.6 is 7.82 Å². The number of carbonyl (C=O) groups excluding carboxylic acids is 1. The van der Waals surface area contributed by atoms with E-state index in [2.05, 4.69) is 9.26 Å². The summed E-state index contributed by atoms with van der Waals surface area (Å²) in [7, 11) is -4.16. The molecule has 0 aliphatic rings. The molecule has 0 fully saturated rings. The van der Waals surface area contributed by atoms with Crippen molar-refractivity contribution in [2.24, 2.45) is 0 Å². The molecule has 6 nitrogen and oxygen atoms in total. The van der Waals surface area contributed by atoms with E-state index in [1.165, 1.54) is 0 Å². The zero-order valence-electron chi connectivity index (χ0n) is 9.35. The van der Waals surface area contributed by atoms with Gasteiger partial charge >= 0.3 is 13.8 Å². The van der Waals surface area contributed by atoms with E-state index in [1.807, 2.05) is 0 Å². The van der Waals surface area contributed by atoms with E-state index < -0.39 is 26.2 Å². The summed E-state index contributed by atoms with van der Waals surface area (Å²) in [5.74, 6) is -0.509. The van der Waals surface area contributed by atoms with Crippen LogP contribution in [-0.2, 0) is 23.1 Å². The van der Waals surface area contributed by atoms with Gasteiger partial charge in [-0.15, -0.1) is 0 Å². The SMILES string of the molecule is CCC(=O)OCOP(=O)(O)OC(C)(C)C. The molecule has 15 heavy (non-hydrogen) atoms. The first-order chi connectivity index (χ1) is 6.66. The highest BCUT2D eigenvalue weighted by Crippen LogP contribution is 2.46. The molecule has 0 saturated carbocycles. The molecular formula is C8H17O6P. The van der Waals surface area contributed by atoms with E-state index in [0.29, 0.717) is 0 Å². The molecule has 1 atom stereocenters. The number of hydrogen-bond donors (Lipinski definition) is 1. The third-order valence-corrected chi connectivity index (χ3v) is 2.32. The van der Waals surface area contributed by atoms with E-state index in [1.54, 1.807) is 27.7 Å². The molecule has 90 valence electrons. The van der Waals surface area contributed by atoms with Gasteiger partial charge in [0.1, 0.15) is 0 Å². The molecule has 1 unspecified atom stereocenters. The molecule has 0 aliphatic carbocycles. The predicted molar refractivity (Wildman–Crippen MR) is 53.0 cm³/mol. The van der Waals surface area contributed by atoms with Crippen molar-refractivity contribution < 1.29 is 28.0 Å². The monoisotopic (exact) mass is 240 g/mol. The number of rotatable bonds is 5. The number of phosphoric ester groups is 1. The third kappa shape index (κ3) is 8.57. The second kappa shape index (κ2) is 5.61. The van der Waals surface area contributed by atoms with Crippen LogP contribution in [0.15, 0.2) is 0 Å². The maximum Gasteiger partial charge on any atom is 0.475 e. The van der Waals surface area contributed by atoms with Crippen molar-refractivity contribution in [2.45, 2.75) is 39.7 Å². The molecule has 1 N–H and O–H groups in total. The van der Waals surface area contributed by atoms with E-state index in [-0.39, 0.29) is 6.42 Å². The van der Waals surface area contributed by atoms with Crippen LogP contribution in [0.5, 0.6) is 0 Å². The van der Waals surface area contributed by atoms with E-state index in [9.17, 15) is 9.36 Å². The number of phosphoric acid groups is 1. The predicted octanol–water partition coefficient (Wildman–Crippen LogP) is 1.83. The highest BCUT2D eigenvalue weighted by atomic mass is 31.2. The first-order valence-electron chi connectivity index (χ1n) is 4.50. The summed E-state index contributed by atoms with van der Waals surface area (Å²) >= 11 is 0. The van der Waals surface area contributed by atoms with Gasteiger partial charge in [0.05, 0.1) is 5.60 Å². The Balaban J connectivity index is 3.95. The minimum Gasteiger partial charge on any atom is -0.438 e. The lowest BCUT2D eigenvalue weighted by Crippen LogP contribution is -2.18. The van der Waals surface area contributed by atoms with Gasteiger partial charge in [-0.2, -0.15) is 0 Å². The highest BCUT2D eigenvalue weighted by Gasteiger charge is 2.28. The summed E-state index contributed by atoms with van der Waals surface area (Å²) in [6, 6.07) is 0.